The molecule has 2 fully saturated rings. The predicted molar refractivity (Wildman–Crippen MR) is 68.9 cm³/mol. The van der Waals surface area contributed by atoms with Crippen LogP contribution in [0.3, 0.4) is 0 Å². The van der Waals surface area contributed by atoms with Crippen molar-refractivity contribution in [1.82, 2.24) is 10.2 Å². The van der Waals surface area contributed by atoms with Crippen LogP contribution in [0.1, 0.15) is 32.6 Å². The summed E-state index contributed by atoms with van der Waals surface area (Å²) in [6, 6.07) is 0.262. The SMILES string of the molecule is CC(Br)C(=O)N1CCC(NC(=O)C2CC2)CC1. The fourth-order valence-electron chi connectivity index (χ4n) is 2.16. The molecule has 1 unspecified atom stereocenters. The predicted octanol–water partition coefficient (Wildman–Crippen LogP) is 1.29. The normalized spacial score (nSPS) is 23.3. The van der Waals surface area contributed by atoms with Crippen molar-refractivity contribution in [2.45, 2.75) is 43.5 Å². The molecule has 0 radical (unpaired) electrons. The van der Waals surface area contributed by atoms with Gasteiger partial charge < -0.3 is 10.2 Å². The Morgan fingerprint density at radius 1 is 1.24 bits per heavy atom. The molecular formula is C12H19BrN2O2. The average molecular weight is 303 g/mol. The van der Waals surface area contributed by atoms with Crippen LogP contribution in [0.15, 0.2) is 0 Å². The summed E-state index contributed by atoms with van der Waals surface area (Å²) in [6.07, 6.45) is 3.85. The number of piperidine rings is 1. The number of nitrogens with one attached hydrogen (secondary N) is 1. The molecule has 0 aromatic carbocycles. The fraction of sp³-hybridized carbons (Fsp3) is 0.833. The second kappa shape index (κ2) is 5.38. The van der Waals surface area contributed by atoms with Crippen molar-refractivity contribution in [3.05, 3.63) is 0 Å². The van der Waals surface area contributed by atoms with Crippen LogP contribution in [0.2, 0.25) is 0 Å². The van der Waals surface area contributed by atoms with Crippen LogP contribution in [-0.2, 0) is 9.59 Å². The summed E-state index contributed by atoms with van der Waals surface area (Å²) in [5.74, 6) is 0.637. The van der Waals surface area contributed by atoms with Crippen molar-refractivity contribution >= 4 is 27.7 Å². The number of likely N-dealkylation sites (tertiary alicyclic amines) is 1. The summed E-state index contributed by atoms with van der Waals surface area (Å²) in [7, 11) is 0. The molecule has 4 nitrogen and oxygen atoms in total. The molecule has 1 atom stereocenters. The molecule has 1 aliphatic carbocycles. The van der Waals surface area contributed by atoms with E-state index in [1.54, 1.807) is 0 Å². The highest BCUT2D eigenvalue weighted by molar-refractivity contribution is 9.10. The third-order valence-corrected chi connectivity index (χ3v) is 3.83. The van der Waals surface area contributed by atoms with Crippen LogP contribution < -0.4 is 5.32 Å². The van der Waals surface area contributed by atoms with Gasteiger partial charge in [0.05, 0.1) is 4.83 Å². The zero-order valence-corrected chi connectivity index (χ0v) is 11.7. The highest BCUT2D eigenvalue weighted by atomic mass is 79.9. The first-order chi connectivity index (χ1) is 8.08. The Labute approximate surface area is 110 Å². The van der Waals surface area contributed by atoms with Crippen LogP contribution in [0, 0.1) is 5.92 Å². The van der Waals surface area contributed by atoms with Crippen molar-refractivity contribution in [2.24, 2.45) is 5.92 Å². The molecule has 0 aromatic heterocycles. The summed E-state index contributed by atoms with van der Waals surface area (Å²) >= 11 is 3.30. The smallest absolute Gasteiger partial charge is 0.236 e. The van der Waals surface area contributed by atoms with Crippen LogP contribution >= 0.6 is 15.9 Å². The Kier molecular flexibility index (Phi) is 4.07. The van der Waals surface area contributed by atoms with E-state index in [-0.39, 0.29) is 28.6 Å². The minimum atomic E-state index is -0.111. The van der Waals surface area contributed by atoms with Gasteiger partial charge in [-0.15, -0.1) is 0 Å². The van der Waals surface area contributed by atoms with Gasteiger partial charge in [0, 0.05) is 25.0 Å². The lowest BCUT2D eigenvalue weighted by Crippen LogP contribution is -2.48. The van der Waals surface area contributed by atoms with E-state index < -0.39 is 0 Å². The molecule has 96 valence electrons. The molecule has 1 saturated carbocycles. The van der Waals surface area contributed by atoms with Gasteiger partial charge in [-0.2, -0.15) is 0 Å². The molecule has 2 rings (SSSR count). The number of carbonyl (C=O) groups is 2. The van der Waals surface area contributed by atoms with E-state index in [0.29, 0.717) is 0 Å². The summed E-state index contributed by atoms with van der Waals surface area (Å²) in [4.78, 5) is 25.1. The number of amides is 2. The van der Waals surface area contributed by atoms with Gasteiger partial charge in [0.25, 0.3) is 0 Å². The minimum Gasteiger partial charge on any atom is -0.353 e. The molecule has 1 heterocycles. The molecule has 1 saturated heterocycles. The maximum atomic E-state index is 11.7. The van der Waals surface area contributed by atoms with Crippen molar-refractivity contribution in [3.63, 3.8) is 0 Å². The third-order valence-electron chi connectivity index (χ3n) is 3.44. The molecule has 5 heteroatoms. The van der Waals surface area contributed by atoms with E-state index in [2.05, 4.69) is 21.2 Å². The highest BCUT2D eigenvalue weighted by Crippen LogP contribution is 2.29. The van der Waals surface area contributed by atoms with Crippen LogP contribution in [0.5, 0.6) is 0 Å². The molecule has 0 spiro atoms. The van der Waals surface area contributed by atoms with E-state index in [4.69, 9.17) is 0 Å². The Morgan fingerprint density at radius 3 is 2.29 bits per heavy atom. The lowest BCUT2D eigenvalue weighted by molar-refractivity contribution is -0.131. The van der Waals surface area contributed by atoms with E-state index in [1.807, 2.05) is 11.8 Å². The standard InChI is InChI=1S/C12H19BrN2O2/c1-8(13)12(17)15-6-4-10(5-7-15)14-11(16)9-2-3-9/h8-10H,2-7H2,1H3,(H,14,16). The van der Waals surface area contributed by atoms with Gasteiger partial charge in [-0.3, -0.25) is 9.59 Å². The second-order valence-electron chi connectivity index (χ2n) is 5.00. The number of carbonyl (C=O) groups excluding carboxylic acids is 2. The molecule has 0 aromatic rings. The number of hydrogen-bond donors (Lipinski definition) is 1. The first-order valence-electron chi connectivity index (χ1n) is 6.31. The van der Waals surface area contributed by atoms with Gasteiger partial charge in [0.2, 0.25) is 11.8 Å². The second-order valence-corrected chi connectivity index (χ2v) is 6.37. The zero-order chi connectivity index (χ0) is 12.4. The Balaban J connectivity index is 1.73. The lowest BCUT2D eigenvalue weighted by Gasteiger charge is -2.33. The van der Waals surface area contributed by atoms with Gasteiger partial charge in [0.15, 0.2) is 0 Å². The molecule has 17 heavy (non-hydrogen) atoms. The topological polar surface area (TPSA) is 49.4 Å². The summed E-state index contributed by atoms with van der Waals surface area (Å²) in [6.45, 7) is 3.36. The fourth-order valence-corrected chi connectivity index (χ4v) is 2.45. The maximum Gasteiger partial charge on any atom is 0.236 e. The Hall–Kier alpha value is -0.580. The van der Waals surface area contributed by atoms with E-state index in [1.165, 1.54) is 0 Å². The van der Waals surface area contributed by atoms with Gasteiger partial charge in [-0.25, -0.2) is 0 Å². The molecular weight excluding hydrogens is 284 g/mol. The van der Waals surface area contributed by atoms with Crippen molar-refractivity contribution in [1.29, 1.82) is 0 Å². The maximum absolute atomic E-state index is 11.7. The molecule has 1 N–H and O–H groups in total. The zero-order valence-electron chi connectivity index (χ0n) is 10.1. The van der Waals surface area contributed by atoms with Gasteiger partial charge in [-0.1, -0.05) is 15.9 Å². The molecule has 1 aliphatic heterocycles. The lowest BCUT2D eigenvalue weighted by atomic mass is 10.0. The van der Waals surface area contributed by atoms with E-state index >= 15 is 0 Å². The van der Waals surface area contributed by atoms with E-state index in [9.17, 15) is 9.59 Å². The van der Waals surface area contributed by atoms with Crippen molar-refractivity contribution in [2.75, 3.05) is 13.1 Å². The van der Waals surface area contributed by atoms with Crippen LogP contribution in [-0.4, -0.2) is 40.7 Å². The molecule has 2 aliphatic rings. The summed E-state index contributed by atoms with van der Waals surface area (Å²) < 4.78 is 0. The average Bonchev–Trinajstić information content (AvgIpc) is 3.12. The number of halogens is 1. The minimum absolute atomic E-state index is 0.111. The first-order valence-corrected chi connectivity index (χ1v) is 7.22. The number of rotatable bonds is 3. The van der Waals surface area contributed by atoms with Crippen LogP contribution in [0.4, 0.5) is 0 Å². The quantitative estimate of drug-likeness (QED) is 0.799. The Bertz CT molecular complexity index is 308. The summed E-state index contributed by atoms with van der Waals surface area (Å²) in [5.41, 5.74) is 0. The number of hydrogen-bond acceptors (Lipinski definition) is 2. The van der Waals surface area contributed by atoms with Gasteiger partial charge in [0.1, 0.15) is 0 Å². The first kappa shape index (κ1) is 12.9. The van der Waals surface area contributed by atoms with Crippen molar-refractivity contribution in [3.8, 4) is 0 Å². The van der Waals surface area contributed by atoms with E-state index in [0.717, 1.165) is 38.8 Å². The van der Waals surface area contributed by atoms with Gasteiger partial charge in [-0.05, 0) is 32.6 Å². The molecule has 2 amide bonds. The highest BCUT2D eigenvalue weighted by Gasteiger charge is 2.32. The Morgan fingerprint density at radius 2 is 1.82 bits per heavy atom. The molecule has 0 bridgehead atoms. The number of nitrogens with zero attached hydrogens (tertiary/aromatic N) is 1. The summed E-state index contributed by atoms with van der Waals surface area (Å²) in [5, 5.41) is 3.08. The monoisotopic (exact) mass is 302 g/mol. The largest absolute Gasteiger partial charge is 0.353 e. The van der Waals surface area contributed by atoms with Crippen molar-refractivity contribution < 1.29 is 9.59 Å². The third kappa shape index (κ3) is 3.44. The van der Waals surface area contributed by atoms with Crippen LogP contribution in [0.25, 0.3) is 0 Å². The number of alkyl halides is 1. The van der Waals surface area contributed by atoms with Gasteiger partial charge >= 0.3 is 0 Å².